The molecule has 1 aliphatic carbocycles. The van der Waals surface area contributed by atoms with E-state index in [0.29, 0.717) is 0 Å². The minimum Gasteiger partial charge on any atom is -0.180 e. The summed E-state index contributed by atoms with van der Waals surface area (Å²) in [5, 5.41) is 2.66. The fourth-order valence-electron chi connectivity index (χ4n) is 3.67. The average molecular weight is 508 g/mol. The molecule has 0 aromatic heterocycles. The third kappa shape index (κ3) is 6.57. The van der Waals surface area contributed by atoms with Gasteiger partial charge in [-0.2, -0.15) is 52.1 Å². The number of benzene rings is 3. The van der Waals surface area contributed by atoms with Gasteiger partial charge in [0.15, 0.2) is 0 Å². The maximum atomic E-state index is 3.33. The van der Waals surface area contributed by atoms with Crippen LogP contribution in [0.15, 0.2) is 36.4 Å². The van der Waals surface area contributed by atoms with Crippen molar-refractivity contribution in [3.8, 4) is 0 Å². The van der Waals surface area contributed by atoms with E-state index in [0.717, 1.165) is 0 Å². The molecule has 0 saturated carbocycles. The van der Waals surface area contributed by atoms with E-state index in [1.807, 2.05) is 0 Å². The van der Waals surface area contributed by atoms with E-state index in [9.17, 15) is 0 Å². The van der Waals surface area contributed by atoms with Crippen LogP contribution in [0.4, 0.5) is 0 Å². The molecular weight excluding hydrogens is 478 g/mol. The standard InChI is InChI=1S/C12H15.C12H11.CH4.2Y/c2*1-9-7-8-10(2)12-6-4-3-5-11(9)12;;;/h7H,3-6H2,1-2H3;3-7H,1-2H3;1H4;;/q2*-1;;;. The monoisotopic (exact) mass is 508 g/mol. The maximum absolute atomic E-state index is 3.33. The number of fused-ring (bicyclic) bond motifs is 2. The van der Waals surface area contributed by atoms with Gasteiger partial charge in [-0.1, -0.05) is 79.0 Å². The smallest absolute Gasteiger partial charge is 0 e. The van der Waals surface area contributed by atoms with Crippen LogP contribution in [-0.4, -0.2) is 0 Å². The molecule has 1 aliphatic rings. The zero-order valence-corrected chi connectivity index (χ0v) is 22.1. The number of aryl methyl sites for hydroxylation is 4. The molecule has 0 amide bonds. The predicted octanol–water partition coefficient (Wildman–Crippen LogP) is 6.87. The van der Waals surface area contributed by atoms with Gasteiger partial charge in [-0.25, -0.2) is 0 Å². The molecule has 3 aromatic carbocycles. The molecule has 0 nitrogen and oxygen atoms in total. The fourth-order valence-corrected chi connectivity index (χ4v) is 3.67. The largest absolute Gasteiger partial charge is 0.180 e. The molecule has 0 fully saturated rings. The van der Waals surface area contributed by atoms with Crippen molar-refractivity contribution >= 4 is 10.8 Å². The van der Waals surface area contributed by atoms with Crippen molar-refractivity contribution < 1.29 is 65.4 Å². The molecule has 0 unspecified atom stereocenters. The summed E-state index contributed by atoms with van der Waals surface area (Å²) in [7, 11) is 0. The second kappa shape index (κ2) is 12.6. The Kier molecular flexibility index (Phi) is 12.7. The van der Waals surface area contributed by atoms with Crippen LogP contribution >= 0.6 is 0 Å². The van der Waals surface area contributed by atoms with Crippen LogP contribution in [0.3, 0.4) is 0 Å². The summed E-state index contributed by atoms with van der Waals surface area (Å²) in [5.41, 5.74) is 8.54. The van der Waals surface area contributed by atoms with Crippen molar-refractivity contribution in [3.05, 3.63) is 81.9 Å². The molecule has 27 heavy (non-hydrogen) atoms. The minimum absolute atomic E-state index is 0. The van der Waals surface area contributed by atoms with E-state index in [-0.39, 0.29) is 72.8 Å². The quantitative estimate of drug-likeness (QED) is 0.291. The molecule has 0 spiro atoms. The van der Waals surface area contributed by atoms with Crippen molar-refractivity contribution in [1.82, 2.24) is 0 Å². The second-order valence-corrected chi connectivity index (χ2v) is 6.90. The molecule has 0 aliphatic heterocycles. The third-order valence-corrected chi connectivity index (χ3v) is 5.16. The van der Waals surface area contributed by atoms with E-state index < -0.39 is 0 Å². The van der Waals surface area contributed by atoms with Crippen LogP contribution in [0.25, 0.3) is 10.8 Å². The van der Waals surface area contributed by atoms with Crippen LogP contribution in [0.1, 0.15) is 53.6 Å². The van der Waals surface area contributed by atoms with Crippen LogP contribution in [0.2, 0.25) is 0 Å². The third-order valence-electron chi connectivity index (χ3n) is 5.16. The fraction of sp³-hybridized carbons (Fsp3) is 0.360. The molecule has 2 heteroatoms. The van der Waals surface area contributed by atoms with Gasteiger partial charge in [0, 0.05) is 65.4 Å². The first-order valence-corrected chi connectivity index (χ1v) is 8.94. The summed E-state index contributed by atoms with van der Waals surface area (Å²) >= 11 is 0. The van der Waals surface area contributed by atoms with Gasteiger partial charge < -0.3 is 0 Å². The Balaban J connectivity index is 0.000000451. The zero-order chi connectivity index (χ0) is 17.1. The molecule has 0 saturated heterocycles. The summed E-state index contributed by atoms with van der Waals surface area (Å²) in [6.45, 7) is 8.61. The number of hydrogen-bond donors (Lipinski definition) is 0. The van der Waals surface area contributed by atoms with Gasteiger partial charge >= 0.3 is 0 Å². The maximum Gasteiger partial charge on any atom is 0 e. The van der Waals surface area contributed by atoms with Gasteiger partial charge in [0.25, 0.3) is 0 Å². The Morgan fingerprint density at radius 2 is 1.19 bits per heavy atom. The van der Waals surface area contributed by atoms with E-state index in [1.54, 1.807) is 11.1 Å². The van der Waals surface area contributed by atoms with Gasteiger partial charge in [0.2, 0.25) is 0 Å². The molecule has 0 N–H and O–H groups in total. The van der Waals surface area contributed by atoms with Gasteiger partial charge in [-0.15, -0.1) is 22.4 Å². The van der Waals surface area contributed by atoms with Crippen molar-refractivity contribution in [1.29, 1.82) is 0 Å². The second-order valence-electron chi connectivity index (χ2n) is 6.90. The van der Waals surface area contributed by atoms with Crippen molar-refractivity contribution in [2.45, 2.75) is 60.8 Å². The Hall–Kier alpha value is 0.128. The Morgan fingerprint density at radius 3 is 1.78 bits per heavy atom. The Bertz CT molecular complexity index is 794. The van der Waals surface area contributed by atoms with E-state index in [2.05, 4.69) is 76.2 Å². The van der Waals surface area contributed by atoms with Gasteiger partial charge in [0.1, 0.15) is 0 Å². The summed E-state index contributed by atoms with van der Waals surface area (Å²) in [4.78, 5) is 0. The minimum atomic E-state index is 0. The average Bonchev–Trinajstić information content (AvgIpc) is 2.63. The van der Waals surface area contributed by atoms with Gasteiger partial charge in [-0.3, -0.25) is 0 Å². The first-order chi connectivity index (χ1) is 11.6. The van der Waals surface area contributed by atoms with Crippen molar-refractivity contribution in [3.63, 3.8) is 0 Å². The Morgan fingerprint density at radius 1 is 0.667 bits per heavy atom. The van der Waals surface area contributed by atoms with Crippen LogP contribution in [-0.2, 0) is 78.3 Å². The predicted molar refractivity (Wildman–Crippen MR) is 110 cm³/mol. The summed E-state index contributed by atoms with van der Waals surface area (Å²) in [6, 6.07) is 19.2. The summed E-state index contributed by atoms with van der Waals surface area (Å²) in [5.74, 6) is 0. The molecule has 0 heterocycles. The van der Waals surface area contributed by atoms with Crippen molar-refractivity contribution in [2.75, 3.05) is 0 Å². The molecule has 0 atom stereocenters. The van der Waals surface area contributed by atoms with Crippen LogP contribution < -0.4 is 0 Å². The molecule has 2 radical (unpaired) electrons. The van der Waals surface area contributed by atoms with E-state index in [4.69, 9.17) is 0 Å². The zero-order valence-electron chi connectivity index (χ0n) is 16.4. The van der Waals surface area contributed by atoms with Crippen LogP contribution in [0, 0.1) is 39.8 Å². The molecule has 0 bridgehead atoms. The first kappa shape index (κ1) is 27.1. The van der Waals surface area contributed by atoms with Gasteiger partial charge in [0.05, 0.1) is 0 Å². The molecule has 3 aromatic rings. The topological polar surface area (TPSA) is 0 Å². The van der Waals surface area contributed by atoms with E-state index >= 15 is 0 Å². The molecule has 4 rings (SSSR count). The van der Waals surface area contributed by atoms with Crippen LogP contribution in [0.5, 0.6) is 0 Å². The Labute approximate surface area is 216 Å². The SMILES string of the molecule is C.Cc1[c-]cc(C)c2c1CCCC2.Cc1[c-]cc(C)c2ccccc12.[Y].[Y]. The van der Waals surface area contributed by atoms with Gasteiger partial charge in [-0.05, 0) is 0 Å². The van der Waals surface area contributed by atoms with Crippen molar-refractivity contribution in [2.24, 2.45) is 0 Å². The van der Waals surface area contributed by atoms with E-state index in [1.165, 1.54) is 58.7 Å². The molecule has 138 valence electrons. The number of rotatable bonds is 0. The first-order valence-electron chi connectivity index (χ1n) is 8.94. The summed E-state index contributed by atoms with van der Waals surface area (Å²) < 4.78 is 0. The number of hydrogen-bond acceptors (Lipinski definition) is 0. The molecular formula is C25H30Y2-2. The summed E-state index contributed by atoms with van der Waals surface area (Å²) in [6.07, 6.45) is 5.30. The normalized spacial score (nSPS) is 11.7.